The molecule has 1 aliphatic heterocycles. The Morgan fingerprint density at radius 1 is 1.00 bits per heavy atom. The summed E-state index contributed by atoms with van der Waals surface area (Å²) in [7, 11) is 0. The van der Waals surface area contributed by atoms with Crippen LogP contribution >= 0.6 is 0 Å². The van der Waals surface area contributed by atoms with Gasteiger partial charge >= 0.3 is 0 Å². The lowest BCUT2D eigenvalue weighted by Gasteiger charge is -2.39. The van der Waals surface area contributed by atoms with Crippen LogP contribution in [0.3, 0.4) is 0 Å². The monoisotopic (exact) mass is 340 g/mol. The molecule has 0 saturated carbocycles. The highest BCUT2D eigenvalue weighted by Crippen LogP contribution is 2.13. The molecule has 1 fully saturated rings. The molecule has 130 valence electrons. The van der Waals surface area contributed by atoms with Gasteiger partial charge in [0.15, 0.2) is 0 Å². The van der Waals surface area contributed by atoms with Crippen molar-refractivity contribution in [1.29, 1.82) is 0 Å². The van der Waals surface area contributed by atoms with E-state index < -0.39 is 0 Å². The van der Waals surface area contributed by atoms with Crippen molar-refractivity contribution in [2.24, 2.45) is 0 Å². The summed E-state index contributed by atoms with van der Waals surface area (Å²) in [6, 6.07) is 7.06. The number of carbonyl (C=O) groups excluding carboxylic acids is 2. The zero-order chi connectivity index (χ0) is 17.6. The second-order valence-corrected chi connectivity index (χ2v) is 5.86. The van der Waals surface area contributed by atoms with Crippen LogP contribution < -0.4 is 0 Å². The molecule has 0 N–H and O–H groups in total. The van der Waals surface area contributed by atoms with Crippen LogP contribution in [0.4, 0.5) is 0 Å². The van der Waals surface area contributed by atoms with Crippen LogP contribution in [-0.2, 0) is 9.59 Å². The predicted octanol–water partition coefficient (Wildman–Crippen LogP) is 2.66. The van der Waals surface area contributed by atoms with Gasteiger partial charge in [-0.15, -0.1) is 0 Å². The first-order valence-electron chi connectivity index (χ1n) is 8.16. The van der Waals surface area contributed by atoms with Crippen LogP contribution in [0.2, 0.25) is 0 Å². The van der Waals surface area contributed by atoms with Crippen molar-refractivity contribution in [3.05, 3.63) is 60.5 Å². The second-order valence-electron chi connectivity index (χ2n) is 5.86. The third-order valence-corrected chi connectivity index (χ3v) is 4.09. The number of amides is 2. The van der Waals surface area contributed by atoms with Crippen LogP contribution in [0.1, 0.15) is 18.4 Å². The van der Waals surface area contributed by atoms with Gasteiger partial charge in [-0.25, -0.2) is 0 Å². The number of piperazine rings is 1. The number of nitrogens with zero attached hydrogens (tertiary/aromatic N) is 2. The summed E-state index contributed by atoms with van der Waals surface area (Å²) < 4.78 is 10.4. The molecular weight excluding hydrogens is 320 g/mol. The van der Waals surface area contributed by atoms with Gasteiger partial charge in [-0.1, -0.05) is 0 Å². The average Bonchev–Trinajstić information content (AvgIpc) is 3.31. The molecule has 2 aromatic heterocycles. The van der Waals surface area contributed by atoms with Gasteiger partial charge in [0.25, 0.3) is 0 Å². The van der Waals surface area contributed by atoms with Crippen LogP contribution in [-0.4, -0.2) is 47.3 Å². The summed E-state index contributed by atoms with van der Waals surface area (Å²) in [5.74, 6) is 1.11. The van der Waals surface area contributed by atoms with Gasteiger partial charge in [-0.2, -0.15) is 0 Å². The van der Waals surface area contributed by atoms with E-state index in [-0.39, 0.29) is 17.9 Å². The van der Waals surface area contributed by atoms with Crippen LogP contribution in [0.5, 0.6) is 0 Å². The number of hydrogen-bond donors (Lipinski definition) is 0. The number of carbonyl (C=O) groups is 2. The highest BCUT2D eigenvalue weighted by molar-refractivity contribution is 5.93. The lowest BCUT2D eigenvalue weighted by atomic mass is 10.1. The third-order valence-electron chi connectivity index (χ3n) is 4.09. The molecule has 2 aromatic rings. The summed E-state index contributed by atoms with van der Waals surface area (Å²) >= 11 is 0. The molecule has 6 heteroatoms. The van der Waals surface area contributed by atoms with E-state index in [0.717, 1.165) is 0 Å². The Morgan fingerprint density at radius 2 is 1.60 bits per heavy atom. The third kappa shape index (κ3) is 4.29. The molecule has 0 unspecified atom stereocenters. The lowest BCUT2D eigenvalue weighted by Crippen LogP contribution is -2.54. The van der Waals surface area contributed by atoms with Crippen molar-refractivity contribution in [3.63, 3.8) is 0 Å². The van der Waals surface area contributed by atoms with Gasteiger partial charge in [0, 0.05) is 37.8 Å². The SMILES string of the molecule is C[C@@H]1CN(C(=O)/C=C/c2ccco2)CCN1C(=O)/C=C/c1ccco1. The molecule has 25 heavy (non-hydrogen) atoms. The van der Waals surface area contributed by atoms with Gasteiger partial charge in [-0.3, -0.25) is 9.59 Å². The molecule has 1 atom stereocenters. The van der Waals surface area contributed by atoms with Gasteiger partial charge in [-0.05, 0) is 43.3 Å². The summed E-state index contributed by atoms with van der Waals surface area (Å²) in [6.07, 6.45) is 9.43. The normalized spacial score (nSPS) is 18.4. The largest absolute Gasteiger partial charge is 0.465 e. The Morgan fingerprint density at radius 3 is 2.12 bits per heavy atom. The first kappa shape index (κ1) is 16.8. The Kier molecular flexibility index (Phi) is 5.18. The minimum absolute atomic E-state index is 0.0523. The first-order valence-corrected chi connectivity index (χ1v) is 8.16. The molecule has 0 aromatic carbocycles. The maximum Gasteiger partial charge on any atom is 0.247 e. The Balaban J connectivity index is 1.55. The molecule has 1 aliphatic rings. The molecule has 1 saturated heterocycles. The van der Waals surface area contributed by atoms with Crippen molar-refractivity contribution in [2.45, 2.75) is 13.0 Å². The van der Waals surface area contributed by atoms with E-state index in [1.54, 1.807) is 58.7 Å². The molecule has 3 rings (SSSR count). The van der Waals surface area contributed by atoms with Crippen molar-refractivity contribution in [2.75, 3.05) is 19.6 Å². The first-order chi connectivity index (χ1) is 12.1. The molecule has 3 heterocycles. The predicted molar refractivity (Wildman–Crippen MR) is 93.2 cm³/mol. The Labute approximate surface area is 146 Å². The van der Waals surface area contributed by atoms with Crippen molar-refractivity contribution in [1.82, 2.24) is 9.80 Å². The maximum absolute atomic E-state index is 12.3. The fourth-order valence-electron chi connectivity index (χ4n) is 2.77. The van der Waals surface area contributed by atoms with Gasteiger partial charge in [0.2, 0.25) is 11.8 Å². The highest BCUT2D eigenvalue weighted by Gasteiger charge is 2.27. The summed E-state index contributed by atoms with van der Waals surface area (Å²) in [4.78, 5) is 28.1. The van der Waals surface area contributed by atoms with E-state index in [1.165, 1.54) is 12.2 Å². The molecule has 2 amide bonds. The van der Waals surface area contributed by atoms with E-state index in [9.17, 15) is 9.59 Å². The highest BCUT2D eigenvalue weighted by atomic mass is 16.3. The average molecular weight is 340 g/mol. The lowest BCUT2D eigenvalue weighted by molar-refractivity contribution is -0.136. The quantitative estimate of drug-likeness (QED) is 0.803. The van der Waals surface area contributed by atoms with E-state index >= 15 is 0 Å². The van der Waals surface area contributed by atoms with E-state index in [2.05, 4.69) is 0 Å². The second kappa shape index (κ2) is 7.70. The molecule has 0 aliphatic carbocycles. The van der Waals surface area contributed by atoms with Crippen LogP contribution in [0.15, 0.2) is 57.8 Å². The van der Waals surface area contributed by atoms with E-state index in [4.69, 9.17) is 8.83 Å². The standard InChI is InChI=1S/C19H20N2O4/c1-15-14-20(18(22)8-6-16-4-2-12-24-16)10-11-21(15)19(23)9-7-17-5-3-13-25-17/h2-9,12-13,15H,10-11,14H2,1H3/b8-6+,9-7+/t15-/m1/s1. The number of furan rings is 2. The van der Waals surface area contributed by atoms with Crippen LogP contribution in [0.25, 0.3) is 12.2 Å². The minimum atomic E-state index is -0.0820. The molecular formula is C19H20N2O4. The number of hydrogen-bond acceptors (Lipinski definition) is 4. The fourth-order valence-corrected chi connectivity index (χ4v) is 2.77. The summed E-state index contributed by atoms with van der Waals surface area (Å²) in [6.45, 7) is 3.45. The zero-order valence-corrected chi connectivity index (χ0v) is 14.0. The van der Waals surface area contributed by atoms with Gasteiger partial charge < -0.3 is 18.6 Å². The fraction of sp³-hybridized carbons (Fsp3) is 0.263. The zero-order valence-electron chi connectivity index (χ0n) is 14.0. The van der Waals surface area contributed by atoms with E-state index in [1.807, 2.05) is 6.92 Å². The summed E-state index contributed by atoms with van der Waals surface area (Å²) in [5.41, 5.74) is 0. The minimum Gasteiger partial charge on any atom is -0.465 e. The molecule has 0 spiro atoms. The number of rotatable bonds is 4. The van der Waals surface area contributed by atoms with Gasteiger partial charge in [0.1, 0.15) is 11.5 Å². The molecule has 0 radical (unpaired) electrons. The smallest absolute Gasteiger partial charge is 0.247 e. The maximum atomic E-state index is 12.3. The van der Waals surface area contributed by atoms with Crippen LogP contribution in [0, 0.1) is 0 Å². The van der Waals surface area contributed by atoms with E-state index in [0.29, 0.717) is 31.2 Å². The Hall–Kier alpha value is -3.02. The van der Waals surface area contributed by atoms with Crippen molar-refractivity contribution < 1.29 is 18.4 Å². The van der Waals surface area contributed by atoms with Crippen molar-refractivity contribution in [3.8, 4) is 0 Å². The summed E-state index contributed by atoms with van der Waals surface area (Å²) in [5, 5.41) is 0. The van der Waals surface area contributed by atoms with Crippen molar-refractivity contribution >= 4 is 24.0 Å². The topological polar surface area (TPSA) is 66.9 Å². The van der Waals surface area contributed by atoms with Gasteiger partial charge in [0.05, 0.1) is 12.5 Å². The molecule has 0 bridgehead atoms. The molecule has 6 nitrogen and oxygen atoms in total. The Bertz CT molecular complexity index is 759.